The highest BCUT2D eigenvalue weighted by Crippen LogP contribution is 2.47. The largest absolute Gasteiger partial charge is 0.306 e. The summed E-state index contributed by atoms with van der Waals surface area (Å²) in [6.07, 6.45) is 1.64. The summed E-state index contributed by atoms with van der Waals surface area (Å²) in [5.41, 5.74) is 2.46. The van der Waals surface area contributed by atoms with E-state index in [1.54, 1.807) is 21.8 Å². The van der Waals surface area contributed by atoms with Crippen LogP contribution in [0.1, 0.15) is 27.2 Å². The number of benzene rings is 2. The lowest BCUT2D eigenvalue weighted by Crippen LogP contribution is -2.42. The molecule has 114 valence electrons. The summed E-state index contributed by atoms with van der Waals surface area (Å²) in [4.78, 5) is 14.6. The lowest BCUT2D eigenvalue weighted by Gasteiger charge is -2.32. The van der Waals surface area contributed by atoms with E-state index >= 15 is 0 Å². The Kier molecular flexibility index (Phi) is 2.33. The van der Waals surface area contributed by atoms with Crippen molar-refractivity contribution in [2.45, 2.75) is 12.1 Å². The maximum Gasteiger partial charge on any atom is 0.256 e. The average Bonchev–Trinajstić information content (AvgIpc) is 3.15. The van der Waals surface area contributed by atoms with E-state index in [-0.39, 0.29) is 12.5 Å². The van der Waals surface area contributed by atoms with Crippen LogP contribution in [0.2, 0.25) is 0 Å². The monoisotopic (exact) mass is 313 g/mol. The molecule has 2 aliphatic rings. The third-order valence-electron chi connectivity index (χ3n) is 4.82. The van der Waals surface area contributed by atoms with Crippen LogP contribution >= 0.6 is 0 Å². The van der Waals surface area contributed by atoms with Gasteiger partial charge in [-0.1, -0.05) is 41.6 Å². The van der Waals surface area contributed by atoms with E-state index in [0.717, 1.165) is 22.5 Å². The molecule has 24 heavy (non-hydrogen) atoms. The number of para-hydroxylation sites is 1. The zero-order chi connectivity index (χ0) is 16.3. The molecular formula is C18H11N5O. The van der Waals surface area contributed by atoms with Gasteiger partial charge in [0.1, 0.15) is 6.07 Å². The number of amides is 1. The number of nitrogens with zero attached hydrogens (tertiary/aromatic N) is 5. The van der Waals surface area contributed by atoms with E-state index in [0.29, 0.717) is 5.56 Å². The lowest BCUT2D eigenvalue weighted by atomic mass is 9.83. The minimum atomic E-state index is -1.15. The molecule has 0 spiro atoms. The number of aromatic nitrogens is 3. The van der Waals surface area contributed by atoms with Crippen LogP contribution in [0.4, 0.5) is 0 Å². The van der Waals surface area contributed by atoms with Crippen molar-refractivity contribution in [3.63, 3.8) is 0 Å². The molecule has 3 aromatic rings. The summed E-state index contributed by atoms with van der Waals surface area (Å²) in [5, 5.41) is 18.3. The molecule has 0 saturated carbocycles. The van der Waals surface area contributed by atoms with Gasteiger partial charge in [0.25, 0.3) is 5.91 Å². The molecular weight excluding hydrogens is 302 g/mol. The van der Waals surface area contributed by atoms with Crippen LogP contribution in [-0.4, -0.2) is 25.8 Å². The lowest BCUT2D eigenvalue weighted by molar-refractivity contribution is 0.0677. The number of hydrogen-bond acceptors (Lipinski definition) is 4. The summed E-state index contributed by atoms with van der Waals surface area (Å²) in [6, 6.07) is 17.3. The van der Waals surface area contributed by atoms with E-state index in [2.05, 4.69) is 16.4 Å². The highest BCUT2D eigenvalue weighted by molar-refractivity contribution is 6.01. The highest BCUT2D eigenvalue weighted by Gasteiger charge is 2.54. The van der Waals surface area contributed by atoms with Crippen LogP contribution in [0.25, 0.3) is 5.69 Å². The SMILES string of the molecule is N#CC12c3ccccc3C(=O)N1Cc1cnnn1-c1ccccc12. The first-order valence-electron chi connectivity index (χ1n) is 7.59. The van der Waals surface area contributed by atoms with Gasteiger partial charge < -0.3 is 4.90 Å². The molecule has 6 heteroatoms. The molecule has 6 nitrogen and oxygen atoms in total. The van der Waals surface area contributed by atoms with Crippen LogP contribution in [-0.2, 0) is 12.1 Å². The second-order valence-corrected chi connectivity index (χ2v) is 5.91. The predicted molar refractivity (Wildman–Crippen MR) is 84.1 cm³/mol. The van der Waals surface area contributed by atoms with Crippen LogP contribution in [0.5, 0.6) is 0 Å². The summed E-state index contributed by atoms with van der Waals surface area (Å²) < 4.78 is 1.71. The van der Waals surface area contributed by atoms with Gasteiger partial charge in [0.05, 0.1) is 24.1 Å². The maximum atomic E-state index is 13.0. The number of rotatable bonds is 0. The number of nitriles is 1. The van der Waals surface area contributed by atoms with Gasteiger partial charge in [-0.25, -0.2) is 4.68 Å². The summed E-state index contributed by atoms with van der Waals surface area (Å²) in [6.45, 7) is 0.281. The van der Waals surface area contributed by atoms with E-state index in [4.69, 9.17) is 0 Å². The average molecular weight is 313 g/mol. The molecule has 1 aromatic heterocycles. The van der Waals surface area contributed by atoms with Gasteiger partial charge in [-0.2, -0.15) is 5.26 Å². The van der Waals surface area contributed by atoms with Crippen molar-refractivity contribution in [1.29, 1.82) is 5.26 Å². The molecule has 2 aliphatic heterocycles. The van der Waals surface area contributed by atoms with Gasteiger partial charge in [0.2, 0.25) is 0 Å². The Bertz CT molecular complexity index is 1050. The fraction of sp³-hybridized carbons (Fsp3) is 0.111. The summed E-state index contributed by atoms with van der Waals surface area (Å²) >= 11 is 0. The number of fused-ring (bicyclic) bond motifs is 7. The van der Waals surface area contributed by atoms with Crippen molar-refractivity contribution in [3.05, 3.63) is 77.1 Å². The number of carbonyl (C=O) groups excluding carboxylic acids is 1. The zero-order valence-corrected chi connectivity index (χ0v) is 12.5. The molecule has 0 aliphatic carbocycles. The topological polar surface area (TPSA) is 74.8 Å². The van der Waals surface area contributed by atoms with Gasteiger partial charge in [-0.05, 0) is 12.1 Å². The molecule has 0 saturated heterocycles. The first kappa shape index (κ1) is 13.0. The Morgan fingerprint density at radius 3 is 2.67 bits per heavy atom. The van der Waals surface area contributed by atoms with E-state index in [9.17, 15) is 10.1 Å². The number of hydrogen-bond donors (Lipinski definition) is 0. The molecule has 0 fully saturated rings. The maximum absolute atomic E-state index is 13.0. The molecule has 0 radical (unpaired) electrons. The minimum absolute atomic E-state index is 0.142. The molecule has 3 heterocycles. The first-order valence-corrected chi connectivity index (χ1v) is 7.59. The number of carbonyl (C=O) groups is 1. The van der Waals surface area contributed by atoms with Gasteiger partial charge in [0, 0.05) is 16.7 Å². The van der Waals surface area contributed by atoms with Gasteiger partial charge in [0.15, 0.2) is 5.54 Å². The summed E-state index contributed by atoms with van der Waals surface area (Å²) in [5.74, 6) is -0.142. The second kappa shape index (κ2) is 4.30. The normalized spacial score (nSPS) is 20.5. The van der Waals surface area contributed by atoms with Crippen molar-refractivity contribution >= 4 is 5.91 Å². The Balaban J connectivity index is 1.95. The van der Waals surface area contributed by atoms with Crippen molar-refractivity contribution in [2.75, 3.05) is 0 Å². The zero-order valence-electron chi connectivity index (χ0n) is 12.5. The van der Waals surface area contributed by atoms with Crippen molar-refractivity contribution in [2.24, 2.45) is 0 Å². The summed E-state index contributed by atoms with van der Waals surface area (Å²) in [7, 11) is 0. The quantitative estimate of drug-likeness (QED) is 0.636. The Morgan fingerprint density at radius 2 is 1.83 bits per heavy atom. The minimum Gasteiger partial charge on any atom is -0.306 e. The van der Waals surface area contributed by atoms with Crippen LogP contribution in [0, 0.1) is 11.3 Å². The first-order chi connectivity index (χ1) is 11.8. The van der Waals surface area contributed by atoms with Crippen LogP contribution < -0.4 is 0 Å². The van der Waals surface area contributed by atoms with E-state index in [1.807, 2.05) is 42.5 Å². The molecule has 1 atom stereocenters. The predicted octanol–water partition coefficient (Wildman–Crippen LogP) is 2.00. The second-order valence-electron chi connectivity index (χ2n) is 5.91. The van der Waals surface area contributed by atoms with Crippen LogP contribution in [0.3, 0.4) is 0 Å². The standard InChI is InChI=1S/C18H11N5O/c19-11-18-14-6-2-1-5-13(14)17(24)22(18)10-12-9-20-21-23(12)16-8-4-3-7-15(16)18/h1-9H,10H2. The van der Waals surface area contributed by atoms with E-state index < -0.39 is 5.54 Å². The van der Waals surface area contributed by atoms with Crippen molar-refractivity contribution in [1.82, 2.24) is 19.9 Å². The molecule has 5 rings (SSSR count). The Morgan fingerprint density at radius 1 is 1.08 bits per heavy atom. The smallest absolute Gasteiger partial charge is 0.256 e. The fourth-order valence-corrected chi connectivity index (χ4v) is 3.78. The molecule has 0 bridgehead atoms. The molecule has 1 unspecified atom stereocenters. The fourth-order valence-electron chi connectivity index (χ4n) is 3.78. The third-order valence-corrected chi connectivity index (χ3v) is 4.82. The third kappa shape index (κ3) is 1.33. The van der Waals surface area contributed by atoms with Crippen molar-refractivity contribution in [3.8, 4) is 11.8 Å². The Hall–Kier alpha value is -3.46. The van der Waals surface area contributed by atoms with Gasteiger partial charge in [-0.3, -0.25) is 4.79 Å². The molecule has 1 amide bonds. The van der Waals surface area contributed by atoms with Crippen molar-refractivity contribution < 1.29 is 4.79 Å². The highest BCUT2D eigenvalue weighted by atomic mass is 16.2. The van der Waals surface area contributed by atoms with Crippen LogP contribution in [0.15, 0.2) is 54.7 Å². The van der Waals surface area contributed by atoms with Gasteiger partial charge >= 0.3 is 0 Å². The van der Waals surface area contributed by atoms with E-state index in [1.165, 1.54) is 0 Å². The molecule has 0 N–H and O–H groups in total. The van der Waals surface area contributed by atoms with Gasteiger partial charge in [-0.15, -0.1) is 5.10 Å². The molecule has 2 aromatic carbocycles. The Labute approximate surface area is 137 Å².